The molecule has 0 aromatic rings. The maximum atomic E-state index is 12.6. The van der Waals surface area contributed by atoms with Gasteiger partial charge in [0.05, 0.1) is 17.8 Å². The summed E-state index contributed by atoms with van der Waals surface area (Å²) in [6, 6.07) is 0. The van der Waals surface area contributed by atoms with Crippen LogP contribution in [0.2, 0.25) is 0 Å². The second-order valence-electron chi connectivity index (χ2n) is 10.2. The number of carbonyl (C=O) groups excluding carboxylic acids is 5. The molecule has 4 bridgehead atoms. The van der Waals surface area contributed by atoms with E-state index in [4.69, 9.17) is 37.9 Å². The molecule has 0 radical (unpaired) electrons. The Bertz CT molecular complexity index is 1140. The number of carboxylic acids is 1. The molecule has 10 atom stereocenters. The minimum Gasteiger partial charge on any atom is -0.478 e. The predicted molar refractivity (Wildman–Crippen MR) is 125 cm³/mol. The molecule has 0 unspecified atom stereocenters. The zero-order chi connectivity index (χ0) is 30.2. The Kier molecular flexibility index (Phi) is 8.56. The summed E-state index contributed by atoms with van der Waals surface area (Å²) in [6.07, 6.45) is -10.5. The molecule has 0 aromatic heterocycles. The largest absolute Gasteiger partial charge is 0.478 e. The van der Waals surface area contributed by atoms with Gasteiger partial charge >= 0.3 is 35.8 Å². The minimum atomic E-state index is -1.95. The quantitative estimate of drug-likeness (QED) is 0.231. The Balaban J connectivity index is 1.81. The van der Waals surface area contributed by atoms with Crippen molar-refractivity contribution in [3.63, 3.8) is 0 Å². The lowest BCUT2D eigenvalue weighted by Crippen LogP contribution is -2.64. The zero-order valence-electron chi connectivity index (χ0n) is 22.5. The first-order valence-corrected chi connectivity index (χ1v) is 12.7. The third-order valence-electron chi connectivity index (χ3n) is 7.23. The van der Waals surface area contributed by atoms with Crippen LogP contribution in [0.3, 0.4) is 0 Å². The molecule has 4 rings (SSSR count). The molecule has 1 aliphatic carbocycles. The minimum absolute atomic E-state index is 0.161. The summed E-state index contributed by atoms with van der Waals surface area (Å²) in [6.45, 7) is 3.82. The number of carboxylic acid groups (broad SMARTS) is 1. The van der Waals surface area contributed by atoms with Crippen LogP contribution < -0.4 is 0 Å². The topological polar surface area (TPSA) is 217 Å². The first kappa shape index (κ1) is 30.2. The summed E-state index contributed by atoms with van der Waals surface area (Å²) >= 11 is 0. The highest BCUT2D eigenvalue weighted by molar-refractivity contribution is 5.91. The average Bonchev–Trinajstić information content (AvgIpc) is 3.10. The maximum Gasteiger partial charge on any atom is 0.334 e. The summed E-state index contributed by atoms with van der Waals surface area (Å²) in [5.41, 5.74) is -2.18. The van der Waals surface area contributed by atoms with Gasteiger partial charge in [-0.3, -0.25) is 24.0 Å². The standard InChI is InChI=1S/C25H30O16/c1-9(26)36-19-14-8-34-16(29)6-17(30)40-15-5-12-13(22(31)32)7-35-23(18(12)25(15,4)33)41-24(39-14)21(38-11(3)28)20(19)37-10(2)27/h7,12,14-15,18-21,23-24,33H,5-6,8H2,1-4H3,(H,31,32)/t12-,14-,15+,18-,19-,20+,21-,23+,24+,25-/m1/s1. The number of hydrogen-bond donors (Lipinski definition) is 2. The molecule has 2 N–H and O–H groups in total. The molecular formula is C25H30O16. The van der Waals surface area contributed by atoms with Crippen molar-refractivity contribution < 1.29 is 76.9 Å². The number of aliphatic carboxylic acids is 1. The van der Waals surface area contributed by atoms with Gasteiger partial charge in [-0.2, -0.15) is 0 Å². The number of hydrogen-bond acceptors (Lipinski definition) is 15. The monoisotopic (exact) mass is 586 g/mol. The van der Waals surface area contributed by atoms with Crippen LogP contribution in [-0.2, 0) is 66.7 Å². The second kappa shape index (κ2) is 11.6. The van der Waals surface area contributed by atoms with Crippen LogP contribution in [0.4, 0.5) is 0 Å². The Hall–Kier alpha value is -3.76. The van der Waals surface area contributed by atoms with E-state index in [0.29, 0.717) is 0 Å². The van der Waals surface area contributed by atoms with Crippen molar-refractivity contribution >= 4 is 35.8 Å². The molecule has 3 aliphatic heterocycles. The van der Waals surface area contributed by atoms with Crippen LogP contribution in [-0.4, -0.2) is 101 Å². The van der Waals surface area contributed by atoms with Gasteiger partial charge in [0.15, 0.2) is 18.3 Å². The molecule has 2 saturated heterocycles. The first-order chi connectivity index (χ1) is 19.2. The molecule has 0 aromatic carbocycles. The van der Waals surface area contributed by atoms with Crippen LogP contribution in [0.15, 0.2) is 11.8 Å². The van der Waals surface area contributed by atoms with Crippen molar-refractivity contribution in [3.8, 4) is 0 Å². The fourth-order valence-corrected chi connectivity index (χ4v) is 5.60. The third kappa shape index (κ3) is 6.28. The summed E-state index contributed by atoms with van der Waals surface area (Å²) in [7, 11) is 0. The van der Waals surface area contributed by atoms with Crippen molar-refractivity contribution in [2.75, 3.05) is 6.61 Å². The molecule has 1 saturated carbocycles. The number of esters is 5. The van der Waals surface area contributed by atoms with Crippen LogP contribution in [0.25, 0.3) is 0 Å². The fraction of sp³-hybridized carbons (Fsp3) is 0.680. The number of ether oxygens (including phenoxy) is 8. The van der Waals surface area contributed by atoms with E-state index in [1.807, 2.05) is 0 Å². The zero-order valence-corrected chi connectivity index (χ0v) is 22.5. The van der Waals surface area contributed by atoms with E-state index in [2.05, 4.69) is 0 Å². The van der Waals surface area contributed by atoms with Gasteiger partial charge in [-0.25, -0.2) is 4.79 Å². The van der Waals surface area contributed by atoms with E-state index in [9.17, 15) is 39.0 Å². The van der Waals surface area contributed by atoms with Crippen molar-refractivity contribution in [2.24, 2.45) is 11.8 Å². The number of fused-ring (bicyclic) bond motifs is 3. The summed E-state index contributed by atoms with van der Waals surface area (Å²) in [5, 5.41) is 21.2. The van der Waals surface area contributed by atoms with E-state index in [1.165, 1.54) is 6.92 Å². The summed E-state index contributed by atoms with van der Waals surface area (Å²) in [4.78, 5) is 73.1. The van der Waals surface area contributed by atoms with Crippen LogP contribution in [0.1, 0.15) is 40.5 Å². The van der Waals surface area contributed by atoms with E-state index >= 15 is 0 Å². The van der Waals surface area contributed by atoms with Crippen LogP contribution in [0, 0.1) is 11.8 Å². The molecule has 0 spiro atoms. The SMILES string of the molecule is CC(=O)O[C@@H]1[C@@H](OC(C)=O)[C@@H]2O[C@@H]3OC=C(C(=O)O)[C@H]4C[C@H](OC(=O)CC(=O)OC[C@@H](O2)[C@H]1OC(C)=O)[C@@](C)(O)[C@@H]34. The maximum absolute atomic E-state index is 12.6. The molecule has 3 heterocycles. The van der Waals surface area contributed by atoms with Gasteiger partial charge in [0, 0.05) is 26.7 Å². The molecule has 16 nitrogen and oxygen atoms in total. The van der Waals surface area contributed by atoms with Gasteiger partial charge in [-0.05, 0) is 13.3 Å². The third-order valence-corrected chi connectivity index (χ3v) is 7.23. The highest BCUT2D eigenvalue weighted by Gasteiger charge is 2.62. The normalized spacial score (nSPS) is 38.6. The van der Waals surface area contributed by atoms with Crippen molar-refractivity contribution in [2.45, 2.75) is 89.2 Å². The highest BCUT2D eigenvalue weighted by Crippen LogP contribution is 2.51. The summed E-state index contributed by atoms with van der Waals surface area (Å²) in [5.74, 6) is -8.17. The first-order valence-electron chi connectivity index (χ1n) is 12.7. The molecule has 3 fully saturated rings. The van der Waals surface area contributed by atoms with E-state index < -0.39 is 109 Å². The Morgan fingerprint density at radius 2 is 1.51 bits per heavy atom. The summed E-state index contributed by atoms with van der Waals surface area (Å²) < 4.78 is 44.1. The molecule has 0 amide bonds. The molecular weight excluding hydrogens is 556 g/mol. The molecule has 16 heteroatoms. The van der Waals surface area contributed by atoms with Gasteiger partial charge in [0.2, 0.25) is 12.6 Å². The Labute approximate surface area is 232 Å². The van der Waals surface area contributed by atoms with Crippen molar-refractivity contribution in [1.82, 2.24) is 0 Å². The average molecular weight is 586 g/mol. The molecule has 41 heavy (non-hydrogen) atoms. The number of rotatable bonds is 4. The molecule has 226 valence electrons. The smallest absolute Gasteiger partial charge is 0.334 e. The number of cyclic esters (lactones) is 1. The van der Waals surface area contributed by atoms with Gasteiger partial charge in [-0.1, -0.05) is 0 Å². The highest BCUT2D eigenvalue weighted by atomic mass is 16.8. The fourth-order valence-electron chi connectivity index (χ4n) is 5.60. The van der Waals surface area contributed by atoms with E-state index in [1.54, 1.807) is 0 Å². The van der Waals surface area contributed by atoms with Gasteiger partial charge in [0.1, 0.15) is 30.8 Å². The lowest BCUT2D eigenvalue weighted by molar-refractivity contribution is -0.349. The Morgan fingerprint density at radius 3 is 2.12 bits per heavy atom. The number of aliphatic hydroxyl groups is 1. The van der Waals surface area contributed by atoms with E-state index in [-0.39, 0.29) is 12.0 Å². The van der Waals surface area contributed by atoms with Crippen LogP contribution in [0.5, 0.6) is 0 Å². The Morgan fingerprint density at radius 1 is 0.902 bits per heavy atom. The second-order valence-corrected chi connectivity index (χ2v) is 10.2. The number of carbonyl (C=O) groups is 6. The van der Waals surface area contributed by atoms with Crippen molar-refractivity contribution in [1.29, 1.82) is 0 Å². The predicted octanol–water partition coefficient (Wildman–Crippen LogP) is -0.906. The lowest BCUT2D eigenvalue weighted by Gasteiger charge is -2.46. The van der Waals surface area contributed by atoms with Crippen molar-refractivity contribution in [3.05, 3.63) is 11.8 Å². The van der Waals surface area contributed by atoms with Gasteiger partial charge < -0.3 is 48.1 Å². The van der Waals surface area contributed by atoms with Gasteiger partial charge in [-0.15, -0.1) is 0 Å². The molecule has 4 aliphatic rings. The van der Waals surface area contributed by atoms with Gasteiger partial charge in [0.25, 0.3) is 0 Å². The lowest BCUT2D eigenvalue weighted by atomic mass is 9.81. The van der Waals surface area contributed by atoms with E-state index in [0.717, 1.165) is 27.0 Å². The van der Waals surface area contributed by atoms with Crippen LogP contribution >= 0.6 is 0 Å².